The summed E-state index contributed by atoms with van der Waals surface area (Å²) in [6, 6.07) is 0. The molecule has 0 unspecified atom stereocenters. The molecule has 0 bridgehead atoms. The first kappa shape index (κ1) is 6.88. The summed E-state index contributed by atoms with van der Waals surface area (Å²) in [6.45, 7) is 3.19. The Hall–Kier alpha value is -1.12. The molecule has 0 aliphatic rings. The summed E-state index contributed by atoms with van der Waals surface area (Å²) in [5, 5.41) is 6.66. The maximum Gasteiger partial charge on any atom is 0.154 e. The van der Waals surface area contributed by atoms with Gasteiger partial charge in [0.1, 0.15) is 0 Å². The van der Waals surface area contributed by atoms with Crippen molar-refractivity contribution in [1.82, 2.24) is 0 Å². The molecule has 0 amide bonds. The zero-order chi connectivity index (χ0) is 6.41. The van der Waals surface area contributed by atoms with E-state index < -0.39 is 0 Å². The van der Waals surface area contributed by atoms with E-state index in [9.17, 15) is 0 Å². The first-order valence-electron chi connectivity index (χ1n) is 2.05. The number of hydrogen-bond donors (Lipinski definition) is 1. The number of methoxy groups -OCH3 is 1. The third kappa shape index (κ3) is 2.12. The minimum atomic E-state index is 0.403. The van der Waals surface area contributed by atoms with Crippen molar-refractivity contribution in [3.63, 3.8) is 0 Å². The van der Waals surface area contributed by atoms with E-state index in [1.54, 1.807) is 0 Å². The quantitative estimate of drug-likeness (QED) is 0.426. The van der Waals surface area contributed by atoms with Crippen LogP contribution in [0.3, 0.4) is 0 Å². The lowest BCUT2D eigenvalue weighted by molar-refractivity contribution is 0.316. The van der Waals surface area contributed by atoms with E-state index in [0.717, 1.165) is 6.21 Å². The van der Waals surface area contributed by atoms with Gasteiger partial charge in [0.2, 0.25) is 0 Å². The average Bonchev–Trinajstić information content (AvgIpc) is 1.83. The Morgan fingerprint density at radius 2 is 2.50 bits per heavy atom. The van der Waals surface area contributed by atoms with Crippen molar-refractivity contribution in [2.45, 2.75) is 0 Å². The van der Waals surface area contributed by atoms with E-state index in [0.29, 0.717) is 5.76 Å². The SMILES string of the molecule is C=N/C=C(\C=N)OC. The zero-order valence-corrected chi connectivity index (χ0v) is 4.72. The minimum Gasteiger partial charge on any atom is -0.494 e. The van der Waals surface area contributed by atoms with E-state index in [-0.39, 0.29) is 0 Å². The fourth-order valence-electron chi connectivity index (χ4n) is 0.239. The molecule has 0 aliphatic carbocycles. The highest BCUT2D eigenvalue weighted by Crippen LogP contribution is 1.87. The summed E-state index contributed by atoms with van der Waals surface area (Å²) in [5.41, 5.74) is 0. The van der Waals surface area contributed by atoms with Crippen LogP contribution in [-0.2, 0) is 4.74 Å². The Kier molecular flexibility index (Phi) is 3.48. The van der Waals surface area contributed by atoms with Crippen molar-refractivity contribution in [3.8, 4) is 0 Å². The molecule has 0 rings (SSSR count). The number of aliphatic imine (C=N–C) groups is 1. The molecular formula is C5H8N2O. The predicted octanol–water partition coefficient (Wildman–Crippen LogP) is 0.824. The highest BCUT2D eigenvalue weighted by atomic mass is 16.5. The molecule has 0 fully saturated rings. The summed E-state index contributed by atoms with van der Waals surface area (Å²) in [6.07, 6.45) is 2.43. The van der Waals surface area contributed by atoms with Crippen LogP contribution in [0, 0.1) is 5.41 Å². The molecule has 0 aliphatic heterocycles. The molecule has 0 aromatic rings. The topological polar surface area (TPSA) is 45.4 Å². The highest BCUT2D eigenvalue weighted by molar-refractivity contribution is 5.72. The van der Waals surface area contributed by atoms with Crippen LogP contribution in [0.5, 0.6) is 0 Å². The van der Waals surface area contributed by atoms with Crippen LogP contribution in [0.2, 0.25) is 0 Å². The van der Waals surface area contributed by atoms with Crippen molar-refractivity contribution < 1.29 is 4.74 Å². The number of allylic oxidation sites excluding steroid dienone is 1. The number of nitrogens with one attached hydrogen (secondary N) is 1. The van der Waals surface area contributed by atoms with Crippen LogP contribution >= 0.6 is 0 Å². The van der Waals surface area contributed by atoms with Gasteiger partial charge < -0.3 is 10.1 Å². The highest BCUT2D eigenvalue weighted by Gasteiger charge is 1.82. The van der Waals surface area contributed by atoms with Gasteiger partial charge in [-0.3, -0.25) is 4.99 Å². The van der Waals surface area contributed by atoms with Crippen LogP contribution in [0.4, 0.5) is 0 Å². The van der Waals surface area contributed by atoms with Gasteiger partial charge in [0.25, 0.3) is 0 Å². The molecule has 0 saturated carbocycles. The first-order valence-corrected chi connectivity index (χ1v) is 2.05. The van der Waals surface area contributed by atoms with Crippen molar-refractivity contribution in [3.05, 3.63) is 12.0 Å². The molecule has 3 heteroatoms. The Labute approximate surface area is 48.2 Å². The smallest absolute Gasteiger partial charge is 0.154 e. The van der Waals surface area contributed by atoms with Gasteiger partial charge in [-0.25, -0.2) is 0 Å². The van der Waals surface area contributed by atoms with Gasteiger partial charge in [-0.1, -0.05) is 0 Å². The summed E-state index contributed by atoms with van der Waals surface area (Å²) in [7, 11) is 1.47. The van der Waals surface area contributed by atoms with Gasteiger partial charge in [-0.15, -0.1) is 0 Å². The van der Waals surface area contributed by atoms with Crippen LogP contribution < -0.4 is 0 Å². The molecule has 1 N–H and O–H groups in total. The molecule has 0 heterocycles. The normalized spacial score (nSPS) is 10.4. The second-order valence-electron chi connectivity index (χ2n) is 1.06. The maximum atomic E-state index is 6.66. The summed E-state index contributed by atoms with van der Waals surface area (Å²) in [5.74, 6) is 0.403. The molecule has 0 aromatic carbocycles. The summed E-state index contributed by atoms with van der Waals surface area (Å²) < 4.78 is 4.62. The van der Waals surface area contributed by atoms with E-state index in [1.165, 1.54) is 13.3 Å². The Bertz CT molecular complexity index is 118. The lowest BCUT2D eigenvalue weighted by atomic mass is 10.6. The fraction of sp³-hybridized carbons (Fsp3) is 0.200. The second kappa shape index (κ2) is 4.05. The van der Waals surface area contributed by atoms with E-state index >= 15 is 0 Å². The van der Waals surface area contributed by atoms with E-state index in [2.05, 4.69) is 16.4 Å². The summed E-state index contributed by atoms with van der Waals surface area (Å²) in [4.78, 5) is 3.39. The van der Waals surface area contributed by atoms with Crippen LogP contribution in [0.15, 0.2) is 17.0 Å². The van der Waals surface area contributed by atoms with Gasteiger partial charge in [0, 0.05) is 0 Å². The largest absolute Gasteiger partial charge is 0.494 e. The molecule has 8 heavy (non-hydrogen) atoms. The molecule has 3 nitrogen and oxygen atoms in total. The van der Waals surface area contributed by atoms with Crippen molar-refractivity contribution in [2.24, 2.45) is 4.99 Å². The zero-order valence-electron chi connectivity index (χ0n) is 4.72. The standard InChI is InChI=1S/C5H8N2O/c1-7-4-5(3-6)8-2/h3-4,6H,1H2,2H3/b5-4+,6-3?. The average molecular weight is 112 g/mol. The molecule has 0 aromatic heterocycles. The number of ether oxygens (including phenoxy) is 1. The van der Waals surface area contributed by atoms with Gasteiger partial charge in [0.05, 0.1) is 19.5 Å². The first-order chi connectivity index (χ1) is 3.85. The lowest BCUT2D eigenvalue weighted by Gasteiger charge is -1.92. The molecule has 0 saturated heterocycles. The molecule has 0 spiro atoms. The predicted molar refractivity (Wildman–Crippen MR) is 33.4 cm³/mol. The third-order valence-electron chi connectivity index (χ3n) is 0.596. The minimum absolute atomic E-state index is 0.403. The third-order valence-corrected chi connectivity index (χ3v) is 0.596. The van der Waals surface area contributed by atoms with Crippen LogP contribution in [-0.4, -0.2) is 20.0 Å². The Morgan fingerprint density at radius 1 is 1.88 bits per heavy atom. The molecular weight excluding hydrogens is 104 g/mol. The monoisotopic (exact) mass is 112 g/mol. The van der Waals surface area contributed by atoms with E-state index in [4.69, 9.17) is 5.41 Å². The molecule has 0 atom stereocenters. The van der Waals surface area contributed by atoms with E-state index in [1.807, 2.05) is 0 Å². The van der Waals surface area contributed by atoms with Gasteiger partial charge in [-0.2, -0.15) is 0 Å². The number of rotatable bonds is 3. The van der Waals surface area contributed by atoms with Crippen LogP contribution in [0.1, 0.15) is 0 Å². The van der Waals surface area contributed by atoms with Gasteiger partial charge in [0.15, 0.2) is 5.76 Å². The second-order valence-corrected chi connectivity index (χ2v) is 1.06. The van der Waals surface area contributed by atoms with Crippen molar-refractivity contribution in [1.29, 1.82) is 5.41 Å². The van der Waals surface area contributed by atoms with Gasteiger partial charge in [-0.05, 0) is 6.72 Å². The van der Waals surface area contributed by atoms with Gasteiger partial charge >= 0.3 is 0 Å². The number of nitrogens with zero attached hydrogens (tertiary/aromatic N) is 1. The fourth-order valence-corrected chi connectivity index (χ4v) is 0.239. The van der Waals surface area contributed by atoms with Crippen molar-refractivity contribution >= 4 is 12.9 Å². The summed E-state index contributed by atoms with van der Waals surface area (Å²) >= 11 is 0. The Morgan fingerprint density at radius 3 is 2.62 bits per heavy atom. The molecule has 0 radical (unpaired) electrons. The molecule has 44 valence electrons. The lowest BCUT2D eigenvalue weighted by Crippen LogP contribution is -1.84. The Balaban J connectivity index is 3.84. The van der Waals surface area contributed by atoms with Crippen LogP contribution in [0.25, 0.3) is 0 Å². The maximum absolute atomic E-state index is 6.66. The van der Waals surface area contributed by atoms with Crippen molar-refractivity contribution in [2.75, 3.05) is 7.11 Å². The number of hydrogen-bond acceptors (Lipinski definition) is 3.